The van der Waals surface area contributed by atoms with Gasteiger partial charge in [-0.1, -0.05) is 135 Å². The summed E-state index contributed by atoms with van der Waals surface area (Å²) in [7, 11) is 0. The first kappa shape index (κ1) is 65.7. The van der Waals surface area contributed by atoms with Gasteiger partial charge >= 0.3 is 24.3 Å². The number of benzene rings is 4. The molecule has 0 bridgehead atoms. The molecule has 4 aromatic carbocycles. The van der Waals surface area contributed by atoms with Crippen molar-refractivity contribution in [2.45, 2.75) is 123 Å². The molecular formula is C56H55Br2Cl6F8N2O4+. The molecule has 0 spiro atoms. The van der Waals surface area contributed by atoms with Gasteiger partial charge < -0.3 is 9.47 Å². The first-order chi connectivity index (χ1) is 36.3. The van der Waals surface area contributed by atoms with Gasteiger partial charge in [-0.25, -0.2) is 13.6 Å². The Bertz CT molecular complexity index is 2870. The summed E-state index contributed by atoms with van der Waals surface area (Å²) in [6.07, 6.45) is -4.73. The van der Waals surface area contributed by atoms with Crippen molar-refractivity contribution in [1.82, 2.24) is 0 Å². The van der Waals surface area contributed by atoms with Crippen LogP contribution in [0.15, 0.2) is 80.7 Å². The van der Waals surface area contributed by atoms with E-state index in [1.165, 1.54) is 18.2 Å². The minimum absolute atomic E-state index is 0.00518. The number of alkyl halides is 6. The van der Waals surface area contributed by atoms with E-state index < -0.39 is 65.3 Å². The Kier molecular flexibility index (Phi) is 23.4. The normalized spacial score (nSPS) is 24.4. The van der Waals surface area contributed by atoms with Crippen LogP contribution in [0.3, 0.4) is 0 Å². The highest BCUT2D eigenvalue weighted by Gasteiger charge is 2.67. The highest BCUT2D eigenvalue weighted by Crippen LogP contribution is 2.56. The Morgan fingerprint density at radius 1 is 0.731 bits per heavy atom. The quantitative estimate of drug-likeness (QED) is 0.0687. The Balaban J connectivity index is 0.000000249. The molecule has 2 saturated carbocycles. The third-order valence-corrected chi connectivity index (χ3v) is 17.9. The fourth-order valence-electron chi connectivity index (χ4n) is 10.2. The van der Waals surface area contributed by atoms with Gasteiger partial charge in [0, 0.05) is 17.9 Å². The van der Waals surface area contributed by atoms with E-state index in [2.05, 4.69) is 41.7 Å². The number of rotatable bonds is 10. The van der Waals surface area contributed by atoms with Gasteiger partial charge in [-0.05, 0) is 164 Å². The number of allylic oxidation sites excluding steroid dienone is 1. The zero-order valence-electron chi connectivity index (χ0n) is 42.8. The van der Waals surface area contributed by atoms with Crippen LogP contribution in [0.2, 0.25) is 30.1 Å². The average Bonchev–Trinajstić information content (AvgIpc) is 4.00. The molecule has 2 aliphatic carbocycles. The van der Waals surface area contributed by atoms with Gasteiger partial charge in [0.25, 0.3) is 13.1 Å². The molecule has 9 atom stereocenters. The van der Waals surface area contributed by atoms with E-state index in [0.717, 1.165) is 67.8 Å². The highest BCUT2D eigenvalue weighted by molar-refractivity contribution is 9.10. The summed E-state index contributed by atoms with van der Waals surface area (Å²) in [6.45, 7) is 17.5. The Labute approximate surface area is 496 Å². The molecule has 4 aromatic rings. The number of hydrogen-bond acceptors (Lipinski definition) is 5. The Hall–Kier alpha value is -3.14. The van der Waals surface area contributed by atoms with Crippen molar-refractivity contribution in [3.05, 3.63) is 145 Å². The number of hydrogen-bond donors (Lipinski definition) is 0. The molecule has 0 saturated heterocycles. The largest absolute Gasteiger partial charge is 0.462 e. The summed E-state index contributed by atoms with van der Waals surface area (Å²) in [5, 5.41) is -0.813. The van der Waals surface area contributed by atoms with Gasteiger partial charge in [0.05, 0.1) is 50.7 Å². The third kappa shape index (κ3) is 16.1. The summed E-state index contributed by atoms with van der Waals surface area (Å²) >= 11 is 42.0. The predicted octanol–water partition coefficient (Wildman–Crippen LogP) is 20.4. The maximum atomic E-state index is 15.3. The van der Waals surface area contributed by atoms with Crippen molar-refractivity contribution in [2.75, 3.05) is 0 Å². The van der Waals surface area contributed by atoms with Crippen LogP contribution in [0, 0.1) is 59.6 Å². The van der Waals surface area contributed by atoms with E-state index >= 15 is 13.2 Å². The molecule has 0 aromatic heterocycles. The van der Waals surface area contributed by atoms with Crippen LogP contribution in [-0.4, -0.2) is 42.7 Å². The Morgan fingerprint density at radius 2 is 1.21 bits per heavy atom. The lowest BCUT2D eigenvalue weighted by Gasteiger charge is -2.40. The smallest absolute Gasteiger partial charge is 0.417 e. The number of carbonyl (C=O) groups excluding carboxylic acids is 2. The topological polar surface area (TPSA) is 69.3 Å². The van der Waals surface area contributed by atoms with Gasteiger partial charge in [0.1, 0.15) is 35.2 Å². The van der Waals surface area contributed by atoms with Crippen LogP contribution in [0.25, 0.3) is 10.4 Å². The number of nitrogens with zero attached hydrogens (tertiary/aromatic N) is 2. The molecule has 0 N–H and O–H groups in total. The first-order valence-corrected chi connectivity index (χ1v) is 28.5. The van der Waals surface area contributed by atoms with Gasteiger partial charge in [-0.15, -0.1) is 0 Å². The number of esters is 2. The maximum absolute atomic E-state index is 15.3. The van der Waals surface area contributed by atoms with E-state index in [4.69, 9.17) is 85.7 Å². The van der Waals surface area contributed by atoms with Crippen molar-refractivity contribution >= 4 is 125 Å². The molecule has 2 fully saturated rings. The van der Waals surface area contributed by atoms with Crippen LogP contribution in [-0.2, 0) is 31.0 Å². The Morgan fingerprint density at radius 3 is 1.65 bits per heavy atom. The van der Waals surface area contributed by atoms with Gasteiger partial charge in [0.2, 0.25) is 0 Å². The lowest BCUT2D eigenvalue weighted by atomic mass is 9.68. The van der Waals surface area contributed by atoms with Crippen molar-refractivity contribution in [1.29, 1.82) is 0 Å². The molecule has 7 rings (SSSR count). The highest BCUT2D eigenvalue weighted by atomic mass is 79.9. The minimum Gasteiger partial charge on any atom is -0.462 e. The number of halogens is 16. The number of aliphatic imine (C=N–C) groups is 1. The standard InChI is InChI=1S/C28H27BrCl3F4NO2.C20H22Cl3F3O2.C8H6BrFN/c1-13(2)17-6-4-14(3)8-22(17)39-26(38)23-25(15-5-7-21(33)18(29)9-15)37-12-27(23,28(34,35)36)16-10-19(30)24(32)20(31)11-16;1-10(2)13-5-4-11(3)6-17(13)28-18(27)9-14(20(24,25)26)12-7-15(21)19(23)16(22)8-12;1-11-5-6-2-3-8(10)7(9)4-6/h5,7,9-14,17,22-23,25H,4,6,8H2,1-3H3;7-11,13,17H,4-6H2,1-3H3;1-4H,5H2/q;;+1/b;14-9+;/t14-,17+,22-,23?,25?,27?;11-,13+,17-;/m00./s1. The van der Waals surface area contributed by atoms with Crippen molar-refractivity contribution in [3.8, 4) is 6.57 Å². The summed E-state index contributed by atoms with van der Waals surface area (Å²) < 4.78 is 125. The third-order valence-electron chi connectivity index (χ3n) is 14.3. The molecule has 1 aliphatic heterocycles. The minimum atomic E-state index is -5.01. The predicted molar refractivity (Wildman–Crippen MR) is 302 cm³/mol. The molecule has 78 heavy (non-hydrogen) atoms. The van der Waals surface area contributed by atoms with Crippen LogP contribution < -0.4 is 0 Å². The second-order valence-corrected chi connectivity index (χ2v) is 24.6. The van der Waals surface area contributed by atoms with Crippen LogP contribution >= 0.6 is 101 Å². The van der Waals surface area contributed by atoms with E-state index in [0.29, 0.717) is 35.9 Å². The van der Waals surface area contributed by atoms with Crippen molar-refractivity contribution in [2.24, 2.45) is 46.4 Å². The summed E-state index contributed by atoms with van der Waals surface area (Å²) in [5.41, 5.74) is -3.73. The van der Waals surface area contributed by atoms with Gasteiger partial charge in [-0.2, -0.15) is 26.3 Å². The zero-order valence-corrected chi connectivity index (χ0v) is 50.5. The number of carbonyl (C=O) groups is 2. The second kappa shape index (κ2) is 27.8. The lowest BCUT2D eigenvalue weighted by molar-refractivity contribution is -0.197. The zero-order chi connectivity index (χ0) is 58.4. The summed E-state index contributed by atoms with van der Waals surface area (Å²) in [4.78, 5) is 34.0. The van der Waals surface area contributed by atoms with E-state index in [1.54, 1.807) is 12.1 Å². The fraction of sp³-hybridized carbons (Fsp3) is 0.464. The SMILES string of the molecule is C#[N+]Cc1ccc(F)c(Br)c1.CC(C)[C@H]1CC[C@H](C)C[C@@H]1OC(=O)/C=C(\c1cc(Cl)c(Cl)c(Cl)c1)C(F)(F)F.CC(C)[C@H]1CC[C@H](C)C[C@@H]1OC(=O)C1C(c2ccc(F)c(Br)c2)N=CC1(c1cc(Cl)c(Cl)c(Cl)c1)C(F)(F)F. The summed E-state index contributed by atoms with van der Waals surface area (Å²) in [6, 6.07) is 11.3. The van der Waals surface area contributed by atoms with Crippen LogP contribution in [0.1, 0.15) is 108 Å². The average molecular weight is 1340 g/mol. The van der Waals surface area contributed by atoms with Crippen LogP contribution in [0.4, 0.5) is 35.1 Å². The molecular weight excluding hydrogens is 1290 g/mol. The van der Waals surface area contributed by atoms with E-state index in [1.807, 2.05) is 41.5 Å². The molecule has 1 heterocycles. The van der Waals surface area contributed by atoms with E-state index in [-0.39, 0.29) is 86.7 Å². The lowest BCUT2D eigenvalue weighted by Crippen LogP contribution is -2.53. The number of ether oxygens (including phenoxy) is 2. The fourth-order valence-corrected chi connectivity index (χ4v) is 12.2. The second-order valence-electron chi connectivity index (χ2n) is 20.5. The van der Waals surface area contributed by atoms with Crippen molar-refractivity contribution in [3.63, 3.8) is 0 Å². The maximum Gasteiger partial charge on any atom is 0.417 e. The first-order valence-electron chi connectivity index (χ1n) is 24.7. The van der Waals surface area contributed by atoms with Gasteiger partial charge in [-0.3, -0.25) is 9.79 Å². The molecule has 0 amide bonds. The molecule has 424 valence electrons. The molecule has 0 radical (unpaired) electrons. The molecule has 6 nitrogen and oxygen atoms in total. The van der Waals surface area contributed by atoms with Crippen molar-refractivity contribution < 1.29 is 54.2 Å². The molecule has 22 heteroatoms. The monoisotopic (exact) mass is 1340 g/mol. The van der Waals surface area contributed by atoms with Gasteiger partial charge in [0.15, 0.2) is 0 Å². The molecule has 3 aliphatic rings. The molecule has 3 unspecified atom stereocenters. The summed E-state index contributed by atoms with van der Waals surface area (Å²) in [5.74, 6) is -3.64. The van der Waals surface area contributed by atoms with Crippen LogP contribution in [0.5, 0.6) is 0 Å². The van der Waals surface area contributed by atoms with E-state index in [9.17, 15) is 31.5 Å².